The van der Waals surface area contributed by atoms with Crippen molar-refractivity contribution in [3.05, 3.63) is 42.6 Å². The fraction of sp³-hybridized carbons (Fsp3) is 0.263. The number of carbonyl (C=O) groups is 1. The van der Waals surface area contributed by atoms with Gasteiger partial charge in [-0.2, -0.15) is 5.26 Å². The maximum atomic E-state index is 12.9. The van der Waals surface area contributed by atoms with Crippen LogP contribution in [0.25, 0.3) is 5.65 Å². The van der Waals surface area contributed by atoms with E-state index in [1.807, 2.05) is 28.8 Å². The molecule has 0 unspecified atom stereocenters. The van der Waals surface area contributed by atoms with Gasteiger partial charge in [-0.25, -0.2) is 0 Å². The van der Waals surface area contributed by atoms with E-state index < -0.39 is 0 Å². The maximum absolute atomic E-state index is 12.9. The van der Waals surface area contributed by atoms with Crippen LogP contribution in [0, 0.1) is 11.3 Å². The summed E-state index contributed by atoms with van der Waals surface area (Å²) in [4.78, 5) is 14.5. The van der Waals surface area contributed by atoms with Gasteiger partial charge < -0.3 is 14.4 Å². The summed E-state index contributed by atoms with van der Waals surface area (Å²) >= 11 is 1.31. The molecule has 4 rings (SSSR count). The van der Waals surface area contributed by atoms with Crippen molar-refractivity contribution >= 4 is 29.0 Å². The number of benzene rings is 1. The lowest BCUT2D eigenvalue weighted by molar-refractivity contribution is -0.116. The predicted octanol–water partition coefficient (Wildman–Crippen LogP) is 2.54. The lowest BCUT2D eigenvalue weighted by atomic mass is 10.2. The van der Waals surface area contributed by atoms with E-state index in [0.29, 0.717) is 42.1 Å². The van der Waals surface area contributed by atoms with E-state index >= 15 is 0 Å². The van der Waals surface area contributed by atoms with E-state index in [4.69, 9.17) is 14.7 Å². The van der Waals surface area contributed by atoms with Crippen molar-refractivity contribution in [3.8, 4) is 17.6 Å². The summed E-state index contributed by atoms with van der Waals surface area (Å²) in [6.45, 7) is 1.28. The van der Waals surface area contributed by atoms with Crippen molar-refractivity contribution in [2.24, 2.45) is 0 Å². The molecule has 0 bridgehead atoms. The number of fused-ring (bicyclic) bond motifs is 2. The second-order valence-electron chi connectivity index (χ2n) is 5.98. The van der Waals surface area contributed by atoms with Gasteiger partial charge in [-0.15, -0.1) is 10.2 Å². The van der Waals surface area contributed by atoms with Gasteiger partial charge in [0, 0.05) is 24.5 Å². The fourth-order valence-corrected chi connectivity index (χ4v) is 3.68. The van der Waals surface area contributed by atoms with Crippen molar-refractivity contribution in [1.82, 2.24) is 14.6 Å². The summed E-state index contributed by atoms with van der Waals surface area (Å²) < 4.78 is 13.0. The first-order valence-corrected chi connectivity index (χ1v) is 9.74. The van der Waals surface area contributed by atoms with Crippen LogP contribution in [0.15, 0.2) is 47.8 Å². The first kappa shape index (κ1) is 18.1. The molecule has 0 spiro atoms. The number of hydrogen-bond donors (Lipinski definition) is 0. The Balaban J connectivity index is 1.52. The van der Waals surface area contributed by atoms with Crippen LogP contribution in [0.5, 0.6) is 11.5 Å². The average molecular weight is 395 g/mol. The number of carbonyl (C=O) groups excluding carboxylic acids is 1. The number of nitrogens with zero attached hydrogens (tertiary/aromatic N) is 5. The number of hydrogen-bond acceptors (Lipinski definition) is 7. The number of aromatic nitrogens is 3. The number of nitriles is 1. The first-order valence-electron chi connectivity index (χ1n) is 8.76. The van der Waals surface area contributed by atoms with Gasteiger partial charge in [0.05, 0.1) is 18.2 Å². The molecular weight excluding hydrogens is 378 g/mol. The number of rotatable bonds is 6. The van der Waals surface area contributed by atoms with Gasteiger partial charge in [-0.3, -0.25) is 9.20 Å². The number of pyridine rings is 1. The van der Waals surface area contributed by atoms with Crippen molar-refractivity contribution < 1.29 is 14.3 Å². The Kier molecular flexibility index (Phi) is 5.30. The van der Waals surface area contributed by atoms with Gasteiger partial charge in [0.25, 0.3) is 0 Å². The fourth-order valence-electron chi connectivity index (χ4n) is 2.88. The monoisotopic (exact) mass is 395 g/mol. The molecule has 0 fully saturated rings. The van der Waals surface area contributed by atoms with Crippen LogP contribution in [-0.4, -0.2) is 46.0 Å². The molecule has 1 amide bonds. The van der Waals surface area contributed by atoms with Gasteiger partial charge in [0.2, 0.25) is 5.91 Å². The molecule has 0 radical (unpaired) electrons. The summed E-state index contributed by atoms with van der Waals surface area (Å²) in [6, 6.07) is 13.1. The van der Waals surface area contributed by atoms with E-state index in [1.165, 1.54) is 11.8 Å². The molecule has 1 aliphatic rings. The third-order valence-electron chi connectivity index (χ3n) is 4.19. The molecular formula is C19H17N5O3S. The normalized spacial score (nSPS) is 12.5. The van der Waals surface area contributed by atoms with Gasteiger partial charge in [0.15, 0.2) is 22.3 Å². The summed E-state index contributed by atoms with van der Waals surface area (Å²) in [6.07, 6.45) is 2.09. The number of amides is 1. The first-order chi connectivity index (χ1) is 13.8. The van der Waals surface area contributed by atoms with E-state index in [0.717, 1.165) is 5.65 Å². The Labute approximate surface area is 165 Å². The molecule has 8 nitrogen and oxygen atoms in total. The molecule has 1 aliphatic heterocycles. The van der Waals surface area contributed by atoms with E-state index in [-0.39, 0.29) is 18.1 Å². The third-order valence-corrected chi connectivity index (χ3v) is 5.12. The van der Waals surface area contributed by atoms with Gasteiger partial charge in [-0.1, -0.05) is 17.8 Å². The van der Waals surface area contributed by atoms with Crippen molar-refractivity contribution in [1.29, 1.82) is 5.26 Å². The summed E-state index contributed by atoms with van der Waals surface area (Å²) in [5.41, 5.74) is 1.40. The lowest BCUT2D eigenvalue weighted by Crippen LogP contribution is -2.33. The van der Waals surface area contributed by atoms with Crippen molar-refractivity contribution in [2.75, 3.05) is 30.4 Å². The molecule has 3 heterocycles. The van der Waals surface area contributed by atoms with Crippen LogP contribution in [-0.2, 0) is 4.79 Å². The zero-order chi connectivity index (χ0) is 19.3. The standard InChI is InChI=1S/C19H17N5O3S/c20-7-3-9-23(14-5-6-15-16(12-14)27-11-10-26-15)18(25)13-28-19-22-21-17-4-1-2-8-24(17)19/h1-2,4-6,8,12H,3,9-11,13H2. The van der Waals surface area contributed by atoms with Crippen LogP contribution in [0.2, 0.25) is 0 Å². The highest BCUT2D eigenvalue weighted by molar-refractivity contribution is 7.99. The molecule has 142 valence electrons. The second kappa shape index (κ2) is 8.19. The molecule has 2 aromatic heterocycles. The lowest BCUT2D eigenvalue weighted by Gasteiger charge is -2.24. The van der Waals surface area contributed by atoms with Gasteiger partial charge in [-0.05, 0) is 24.3 Å². The minimum Gasteiger partial charge on any atom is -0.486 e. The number of ether oxygens (including phenoxy) is 2. The Morgan fingerprint density at radius 1 is 1.21 bits per heavy atom. The van der Waals surface area contributed by atoms with E-state index in [1.54, 1.807) is 23.1 Å². The van der Waals surface area contributed by atoms with E-state index in [9.17, 15) is 4.79 Å². The number of thioether (sulfide) groups is 1. The highest BCUT2D eigenvalue weighted by atomic mass is 32.2. The molecule has 28 heavy (non-hydrogen) atoms. The molecule has 0 saturated carbocycles. The highest BCUT2D eigenvalue weighted by Gasteiger charge is 2.20. The largest absolute Gasteiger partial charge is 0.486 e. The Hall–Kier alpha value is -3.25. The molecule has 0 aliphatic carbocycles. The summed E-state index contributed by atoms with van der Waals surface area (Å²) in [5.74, 6) is 1.32. The minimum atomic E-state index is -0.121. The van der Waals surface area contributed by atoms with Crippen LogP contribution in [0.3, 0.4) is 0 Å². The summed E-state index contributed by atoms with van der Waals surface area (Å²) in [5, 5.41) is 17.8. The highest BCUT2D eigenvalue weighted by Crippen LogP contribution is 2.34. The smallest absolute Gasteiger partial charge is 0.237 e. The number of anilines is 1. The predicted molar refractivity (Wildman–Crippen MR) is 104 cm³/mol. The van der Waals surface area contributed by atoms with Crippen molar-refractivity contribution in [3.63, 3.8) is 0 Å². The van der Waals surface area contributed by atoms with Crippen LogP contribution < -0.4 is 14.4 Å². The zero-order valence-corrected chi connectivity index (χ0v) is 15.8. The maximum Gasteiger partial charge on any atom is 0.237 e. The third kappa shape index (κ3) is 3.73. The van der Waals surface area contributed by atoms with Gasteiger partial charge >= 0.3 is 0 Å². The molecule has 1 aromatic carbocycles. The topological polar surface area (TPSA) is 92.8 Å². The molecule has 9 heteroatoms. The van der Waals surface area contributed by atoms with E-state index in [2.05, 4.69) is 16.3 Å². The van der Waals surface area contributed by atoms with Crippen LogP contribution in [0.1, 0.15) is 6.42 Å². The Bertz CT molecular complexity index is 1050. The molecule has 0 N–H and O–H groups in total. The van der Waals surface area contributed by atoms with Crippen LogP contribution >= 0.6 is 11.8 Å². The molecule has 0 saturated heterocycles. The SMILES string of the molecule is N#CCCN(C(=O)CSc1nnc2ccccn12)c1ccc2c(c1)OCCO2. The zero-order valence-electron chi connectivity index (χ0n) is 14.9. The second-order valence-corrected chi connectivity index (χ2v) is 6.92. The summed E-state index contributed by atoms with van der Waals surface area (Å²) in [7, 11) is 0. The quantitative estimate of drug-likeness (QED) is 0.592. The van der Waals surface area contributed by atoms with Crippen molar-refractivity contribution in [2.45, 2.75) is 11.6 Å². The van der Waals surface area contributed by atoms with Crippen LogP contribution in [0.4, 0.5) is 5.69 Å². The average Bonchev–Trinajstić information content (AvgIpc) is 3.15. The molecule has 3 aromatic rings. The Morgan fingerprint density at radius 3 is 2.93 bits per heavy atom. The molecule has 0 atom stereocenters. The van der Waals surface area contributed by atoms with Gasteiger partial charge in [0.1, 0.15) is 13.2 Å². The minimum absolute atomic E-state index is 0.121. The Morgan fingerprint density at radius 2 is 2.07 bits per heavy atom.